The quantitative estimate of drug-likeness (QED) is 0.0857. The van der Waals surface area contributed by atoms with Gasteiger partial charge in [-0.25, -0.2) is 9.59 Å². The Kier molecular flexibility index (Phi) is 10.3. The number of carboxylic acid groups (broad SMARTS) is 2. The van der Waals surface area contributed by atoms with Crippen LogP contribution in [0.3, 0.4) is 0 Å². The largest absolute Gasteiger partial charge is 0.481 e. The highest BCUT2D eigenvalue weighted by Gasteiger charge is 2.55. The number of benzene rings is 3. The van der Waals surface area contributed by atoms with Crippen molar-refractivity contribution in [1.82, 2.24) is 20.4 Å². The topological polar surface area (TPSA) is 223 Å². The number of carbonyl (C=O) groups excluding carboxylic acids is 4. The lowest BCUT2D eigenvalue weighted by atomic mass is 9.89. The van der Waals surface area contributed by atoms with E-state index >= 15 is 0 Å². The van der Waals surface area contributed by atoms with Gasteiger partial charge in [0.15, 0.2) is 6.04 Å². The van der Waals surface area contributed by atoms with E-state index in [-0.39, 0.29) is 24.5 Å². The number of nitrogens with zero attached hydrogens (tertiary/aromatic N) is 2. The normalized spacial score (nSPS) is 17.1. The second-order valence-corrected chi connectivity index (χ2v) is 11.0. The molecule has 7 N–H and O–H groups in total. The van der Waals surface area contributed by atoms with Gasteiger partial charge < -0.3 is 31.5 Å². The predicted molar refractivity (Wildman–Crippen MR) is 168 cm³/mol. The van der Waals surface area contributed by atoms with E-state index in [1.807, 2.05) is 6.07 Å². The minimum atomic E-state index is -1.64. The number of carboxylic acids is 2. The number of nitrogens with one attached hydrogen (secondary N) is 3. The number of hydrogen-bond acceptors (Lipinski definition) is 7. The number of carbonyl (C=O) groups is 6. The Balaban J connectivity index is 1.52. The van der Waals surface area contributed by atoms with Crippen LogP contribution in [-0.2, 0) is 36.1 Å². The molecule has 1 aliphatic rings. The molecule has 3 atom stereocenters. The van der Waals surface area contributed by atoms with E-state index < -0.39 is 66.2 Å². The van der Waals surface area contributed by atoms with Gasteiger partial charge in [0, 0.05) is 25.1 Å². The summed E-state index contributed by atoms with van der Waals surface area (Å²) in [7, 11) is 0. The molecule has 0 saturated carbocycles. The molecule has 0 aromatic heterocycles. The fourth-order valence-corrected chi connectivity index (χ4v) is 5.28. The van der Waals surface area contributed by atoms with Crippen molar-refractivity contribution in [3.8, 4) is 0 Å². The van der Waals surface area contributed by atoms with E-state index in [0.29, 0.717) is 11.1 Å². The van der Waals surface area contributed by atoms with Crippen LogP contribution in [0.15, 0.2) is 84.9 Å². The van der Waals surface area contributed by atoms with E-state index in [1.165, 1.54) is 17.0 Å². The third-order valence-electron chi connectivity index (χ3n) is 7.86. The van der Waals surface area contributed by atoms with Crippen molar-refractivity contribution in [3.63, 3.8) is 0 Å². The molecule has 3 aromatic carbocycles. The molecule has 1 saturated heterocycles. The van der Waals surface area contributed by atoms with Gasteiger partial charge in [0.2, 0.25) is 11.8 Å². The fourth-order valence-electron chi connectivity index (χ4n) is 5.28. The first-order valence-electron chi connectivity index (χ1n) is 14.5. The number of amides is 5. The van der Waals surface area contributed by atoms with Gasteiger partial charge in [-0.05, 0) is 23.6 Å². The minimum absolute atomic E-state index is 0.0616. The van der Waals surface area contributed by atoms with Crippen molar-refractivity contribution in [3.05, 3.63) is 107 Å². The average molecular weight is 643 g/mol. The number of amidine groups is 1. The van der Waals surface area contributed by atoms with Crippen molar-refractivity contribution < 1.29 is 39.0 Å². The molecule has 4 rings (SSSR count). The Morgan fingerprint density at radius 2 is 1.49 bits per heavy atom. The van der Waals surface area contributed by atoms with Crippen LogP contribution in [0.5, 0.6) is 0 Å². The lowest BCUT2D eigenvalue weighted by Gasteiger charge is -2.32. The van der Waals surface area contributed by atoms with Gasteiger partial charge in [-0.2, -0.15) is 0 Å². The van der Waals surface area contributed by atoms with E-state index in [4.69, 9.17) is 11.1 Å². The van der Waals surface area contributed by atoms with Crippen LogP contribution in [0.2, 0.25) is 0 Å². The zero-order valence-electron chi connectivity index (χ0n) is 25.4. The van der Waals surface area contributed by atoms with Crippen LogP contribution in [0.1, 0.15) is 48.1 Å². The summed E-state index contributed by atoms with van der Waals surface area (Å²) in [5.41, 5.74) is 5.95. The van der Waals surface area contributed by atoms with Crippen molar-refractivity contribution in [1.29, 1.82) is 5.41 Å². The molecule has 0 aliphatic carbocycles. The number of aliphatic carboxylic acids is 2. The van der Waals surface area contributed by atoms with Crippen LogP contribution in [-0.4, -0.2) is 74.1 Å². The summed E-state index contributed by atoms with van der Waals surface area (Å²) < 4.78 is 0. The first kappa shape index (κ1) is 33.8. The molecular formula is C33H34N6O8. The Morgan fingerprint density at radius 3 is 2.04 bits per heavy atom. The number of rotatable bonds is 14. The molecule has 0 radical (unpaired) electrons. The summed E-state index contributed by atoms with van der Waals surface area (Å²) in [6.45, 7) is 1.25. The molecule has 14 heteroatoms. The smallest absolute Gasteiger partial charge is 0.330 e. The molecule has 3 aromatic rings. The maximum atomic E-state index is 13.9. The van der Waals surface area contributed by atoms with Crippen molar-refractivity contribution in [2.24, 2.45) is 5.73 Å². The maximum Gasteiger partial charge on any atom is 0.330 e. The van der Waals surface area contributed by atoms with E-state index in [2.05, 4.69) is 10.6 Å². The predicted octanol–water partition coefficient (Wildman–Crippen LogP) is 1.94. The molecule has 5 amide bonds. The molecule has 1 aliphatic heterocycles. The van der Waals surface area contributed by atoms with Crippen LogP contribution < -0.4 is 16.4 Å². The lowest BCUT2D eigenvalue weighted by Crippen LogP contribution is -2.50. The third-order valence-corrected chi connectivity index (χ3v) is 7.86. The molecule has 244 valence electrons. The average Bonchev–Trinajstić information content (AvgIpc) is 3.23. The fraction of sp³-hybridized carbons (Fsp3) is 0.242. The summed E-state index contributed by atoms with van der Waals surface area (Å²) >= 11 is 0. The van der Waals surface area contributed by atoms with Gasteiger partial charge in [0.1, 0.15) is 17.4 Å². The van der Waals surface area contributed by atoms with Crippen molar-refractivity contribution in [2.75, 3.05) is 6.54 Å². The zero-order chi connectivity index (χ0) is 34.3. The Labute approximate surface area is 269 Å². The van der Waals surface area contributed by atoms with Crippen molar-refractivity contribution in [2.45, 2.75) is 43.9 Å². The van der Waals surface area contributed by atoms with Gasteiger partial charge in [-0.1, -0.05) is 84.9 Å². The Morgan fingerprint density at radius 1 is 0.894 bits per heavy atom. The SMILES string of the molecule is CC1(c2ccc(C(=N)N)cc2)C(=O)N(CCC(=O)N[C@@H](CC(=O)O)C(=O)N[C@H](C(=O)O)c2ccccc2)C(=O)N1Cc1ccccc1. The molecule has 1 heterocycles. The standard InChI is InChI=1S/C33H34N6O8/c1-33(23-14-12-22(13-15-23)28(34)35)31(46)38(32(47)39(33)19-20-8-4-2-5-9-20)17-16-25(40)36-24(18-26(41)42)29(43)37-27(30(44)45)21-10-6-3-7-11-21/h2-15,24,27H,16-19H2,1H3,(H3,34,35)(H,36,40)(H,37,43)(H,41,42)(H,44,45)/t24-,27-,33?/m0/s1. The highest BCUT2D eigenvalue weighted by Crippen LogP contribution is 2.38. The van der Waals surface area contributed by atoms with E-state index in [9.17, 15) is 39.0 Å². The van der Waals surface area contributed by atoms with Gasteiger partial charge in [-0.3, -0.25) is 29.5 Å². The molecule has 47 heavy (non-hydrogen) atoms. The summed E-state index contributed by atoms with van der Waals surface area (Å²) in [4.78, 5) is 79.3. The van der Waals surface area contributed by atoms with Gasteiger partial charge in [0.05, 0.1) is 6.42 Å². The Bertz CT molecular complexity index is 1680. The molecule has 1 unspecified atom stereocenters. The third kappa shape index (κ3) is 7.61. The van der Waals surface area contributed by atoms with Gasteiger partial charge in [0.25, 0.3) is 5.91 Å². The summed E-state index contributed by atoms with van der Waals surface area (Å²) in [5, 5.41) is 31.2. The number of nitrogens with two attached hydrogens (primary N) is 1. The zero-order valence-corrected chi connectivity index (χ0v) is 25.4. The summed E-state index contributed by atoms with van der Waals surface area (Å²) in [6, 6.07) is 19.3. The first-order valence-corrected chi connectivity index (χ1v) is 14.5. The van der Waals surface area contributed by atoms with E-state index in [1.54, 1.807) is 73.7 Å². The summed E-state index contributed by atoms with van der Waals surface area (Å²) in [6.07, 6.45) is -1.32. The van der Waals surface area contributed by atoms with Crippen LogP contribution in [0, 0.1) is 5.41 Å². The molecule has 0 bridgehead atoms. The van der Waals surface area contributed by atoms with Crippen LogP contribution in [0.25, 0.3) is 0 Å². The highest BCUT2D eigenvalue weighted by molar-refractivity contribution is 6.07. The number of hydrogen-bond donors (Lipinski definition) is 6. The lowest BCUT2D eigenvalue weighted by molar-refractivity contribution is -0.143. The monoisotopic (exact) mass is 642 g/mol. The van der Waals surface area contributed by atoms with E-state index in [0.717, 1.165) is 10.5 Å². The van der Waals surface area contributed by atoms with Crippen LogP contribution in [0.4, 0.5) is 4.79 Å². The maximum absolute atomic E-state index is 13.9. The Hall–Kier alpha value is -6.05. The van der Waals surface area contributed by atoms with Gasteiger partial charge in [-0.15, -0.1) is 0 Å². The van der Waals surface area contributed by atoms with Gasteiger partial charge >= 0.3 is 18.0 Å². The summed E-state index contributed by atoms with van der Waals surface area (Å²) in [5.74, 6) is -5.49. The second kappa shape index (κ2) is 14.4. The van der Waals surface area contributed by atoms with Crippen molar-refractivity contribution >= 4 is 41.5 Å². The molecule has 1 fully saturated rings. The highest BCUT2D eigenvalue weighted by atomic mass is 16.4. The first-order chi connectivity index (χ1) is 22.3. The molecular weight excluding hydrogens is 608 g/mol. The number of nitrogen functional groups attached to an aromatic ring is 1. The second-order valence-electron chi connectivity index (χ2n) is 11.0. The number of urea groups is 1. The number of imide groups is 1. The molecule has 14 nitrogen and oxygen atoms in total. The molecule has 0 spiro atoms. The van der Waals surface area contributed by atoms with Crippen LogP contribution >= 0.6 is 0 Å². The minimum Gasteiger partial charge on any atom is -0.481 e.